The van der Waals surface area contributed by atoms with Gasteiger partial charge in [0.15, 0.2) is 6.29 Å². The minimum absolute atomic E-state index is 0.134. The molecule has 1 fully saturated rings. The van der Waals surface area contributed by atoms with Gasteiger partial charge in [0.1, 0.15) is 0 Å². The largest absolute Gasteiger partial charge is 0.465 e. The van der Waals surface area contributed by atoms with E-state index in [9.17, 15) is 14.9 Å². The van der Waals surface area contributed by atoms with Gasteiger partial charge < -0.3 is 14.2 Å². The highest BCUT2D eigenvalue weighted by Crippen LogP contribution is 2.21. The van der Waals surface area contributed by atoms with Gasteiger partial charge in [-0.25, -0.2) is 4.79 Å². The van der Waals surface area contributed by atoms with Crippen LogP contribution in [0.3, 0.4) is 0 Å². The van der Waals surface area contributed by atoms with Gasteiger partial charge in [0, 0.05) is 18.7 Å². The summed E-state index contributed by atoms with van der Waals surface area (Å²) >= 11 is 0. The van der Waals surface area contributed by atoms with Crippen LogP contribution in [0.4, 0.5) is 5.69 Å². The molecule has 1 aliphatic rings. The van der Waals surface area contributed by atoms with Crippen molar-refractivity contribution in [3.05, 3.63) is 39.4 Å². The van der Waals surface area contributed by atoms with Crippen molar-refractivity contribution < 1.29 is 23.9 Å². The van der Waals surface area contributed by atoms with Crippen LogP contribution >= 0.6 is 0 Å². The zero-order valence-electron chi connectivity index (χ0n) is 11.7. The van der Waals surface area contributed by atoms with Crippen LogP contribution in [-0.4, -0.2) is 30.9 Å². The summed E-state index contributed by atoms with van der Waals surface area (Å²) in [6.07, 6.45) is 2.56. The van der Waals surface area contributed by atoms with Crippen LogP contribution in [0.2, 0.25) is 0 Å². The highest BCUT2D eigenvalue weighted by atomic mass is 16.7. The van der Waals surface area contributed by atoms with E-state index in [4.69, 9.17) is 9.47 Å². The molecular formula is C14H17NO6. The Hall–Kier alpha value is -1.99. The number of benzene rings is 1. The SMILES string of the molecule is COC(=O)c1cc(COC2CCCCO2)cc([N+](=O)[O-])c1. The van der Waals surface area contributed by atoms with Crippen LogP contribution < -0.4 is 0 Å². The highest BCUT2D eigenvalue weighted by Gasteiger charge is 2.17. The molecule has 0 aliphatic carbocycles. The zero-order chi connectivity index (χ0) is 15.2. The lowest BCUT2D eigenvalue weighted by Gasteiger charge is -2.22. The van der Waals surface area contributed by atoms with Gasteiger partial charge in [0.2, 0.25) is 0 Å². The van der Waals surface area contributed by atoms with Gasteiger partial charge in [0.25, 0.3) is 5.69 Å². The van der Waals surface area contributed by atoms with Gasteiger partial charge in [-0.1, -0.05) is 0 Å². The van der Waals surface area contributed by atoms with Crippen molar-refractivity contribution in [1.29, 1.82) is 0 Å². The average molecular weight is 295 g/mol. The van der Waals surface area contributed by atoms with Crippen LogP contribution in [0.25, 0.3) is 0 Å². The smallest absolute Gasteiger partial charge is 0.338 e. The number of nitrogens with zero attached hydrogens (tertiary/aromatic N) is 1. The van der Waals surface area contributed by atoms with Crippen LogP contribution in [0.15, 0.2) is 18.2 Å². The summed E-state index contributed by atoms with van der Waals surface area (Å²) in [7, 11) is 1.23. The Morgan fingerprint density at radius 1 is 1.43 bits per heavy atom. The predicted octanol–water partition coefficient (Wildman–Crippen LogP) is 2.42. The average Bonchev–Trinajstić information content (AvgIpc) is 2.52. The maximum absolute atomic E-state index is 11.5. The number of hydrogen-bond acceptors (Lipinski definition) is 6. The first kappa shape index (κ1) is 15.4. The Morgan fingerprint density at radius 3 is 2.86 bits per heavy atom. The van der Waals surface area contributed by atoms with E-state index in [-0.39, 0.29) is 24.1 Å². The fraction of sp³-hybridized carbons (Fsp3) is 0.500. The van der Waals surface area contributed by atoms with E-state index in [1.165, 1.54) is 25.3 Å². The van der Waals surface area contributed by atoms with Gasteiger partial charge in [-0.3, -0.25) is 10.1 Å². The summed E-state index contributed by atoms with van der Waals surface area (Å²) in [5.74, 6) is -0.617. The molecule has 21 heavy (non-hydrogen) atoms. The first-order valence-corrected chi connectivity index (χ1v) is 6.70. The molecule has 0 aromatic heterocycles. The van der Waals surface area contributed by atoms with E-state index in [2.05, 4.69) is 4.74 Å². The molecular weight excluding hydrogens is 278 g/mol. The van der Waals surface area contributed by atoms with Crippen molar-refractivity contribution in [2.45, 2.75) is 32.2 Å². The molecule has 0 spiro atoms. The second-order valence-electron chi connectivity index (χ2n) is 4.74. The number of carbonyl (C=O) groups excluding carboxylic acids is 1. The lowest BCUT2D eigenvalue weighted by atomic mass is 10.1. The highest BCUT2D eigenvalue weighted by molar-refractivity contribution is 5.90. The number of esters is 1. The molecule has 0 saturated carbocycles. The number of ether oxygens (including phenoxy) is 3. The molecule has 1 unspecified atom stereocenters. The van der Waals surface area contributed by atoms with Crippen molar-refractivity contribution in [3.63, 3.8) is 0 Å². The minimum atomic E-state index is -0.617. The van der Waals surface area contributed by atoms with Gasteiger partial charge in [-0.2, -0.15) is 0 Å². The molecule has 1 heterocycles. The number of hydrogen-bond donors (Lipinski definition) is 0. The Labute approximate surface area is 122 Å². The maximum atomic E-state index is 11.5. The Morgan fingerprint density at radius 2 is 2.24 bits per heavy atom. The van der Waals surface area contributed by atoms with Crippen molar-refractivity contribution in [1.82, 2.24) is 0 Å². The van der Waals surface area contributed by atoms with Crippen molar-refractivity contribution in [3.8, 4) is 0 Å². The number of non-ortho nitro benzene ring substituents is 1. The van der Waals surface area contributed by atoms with Gasteiger partial charge in [-0.05, 0) is 30.9 Å². The summed E-state index contributed by atoms with van der Waals surface area (Å²) in [6.45, 7) is 0.809. The molecule has 1 saturated heterocycles. The molecule has 0 amide bonds. The molecule has 0 N–H and O–H groups in total. The summed E-state index contributed by atoms with van der Waals surface area (Å²) < 4.78 is 15.6. The van der Waals surface area contributed by atoms with Crippen LogP contribution in [0, 0.1) is 10.1 Å². The van der Waals surface area contributed by atoms with Gasteiger partial charge in [-0.15, -0.1) is 0 Å². The molecule has 1 aliphatic heterocycles. The van der Waals surface area contributed by atoms with E-state index < -0.39 is 10.9 Å². The number of carbonyl (C=O) groups is 1. The lowest BCUT2D eigenvalue weighted by Crippen LogP contribution is -2.22. The molecule has 0 radical (unpaired) electrons. The maximum Gasteiger partial charge on any atom is 0.338 e. The lowest BCUT2D eigenvalue weighted by molar-refractivity contribution is -0.385. The van der Waals surface area contributed by atoms with E-state index in [0.717, 1.165) is 19.3 Å². The third-order valence-corrected chi connectivity index (χ3v) is 3.18. The topological polar surface area (TPSA) is 87.9 Å². The van der Waals surface area contributed by atoms with E-state index in [1.54, 1.807) is 0 Å². The normalized spacial score (nSPS) is 18.2. The quantitative estimate of drug-likeness (QED) is 0.471. The molecule has 1 aromatic rings. The number of nitro benzene ring substituents is 1. The molecule has 114 valence electrons. The third-order valence-electron chi connectivity index (χ3n) is 3.18. The van der Waals surface area contributed by atoms with Crippen LogP contribution in [-0.2, 0) is 20.8 Å². The van der Waals surface area contributed by atoms with E-state index in [1.807, 2.05) is 0 Å². The fourth-order valence-corrected chi connectivity index (χ4v) is 2.13. The minimum Gasteiger partial charge on any atom is -0.465 e. The van der Waals surface area contributed by atoms with Crippen LogP contribution in [0.5, 0.6) is 0 Å². The number of rotatable bonds is 5. The van der Waals surface area contributed by atoms with Crippen molar-refractivity contribution in [2.24, 2.45) is 0 Å². The monoisotopic (exact) mass is 295 g/mol. The Balaban J connectivity index is 2.11. The first-order chi connectivity index (χ1) is 10.1. The van der Waals surface area contributed by atoms with Crippen molar-refractivity contribution in [2.75, 3.05) is 13.7 Å². The zero-order valence-corrected chi connectivity index (χ0v) is 11.7. The summed E-state index contributed by atoms with van der Waals surface area (Å²) in [5.41, 5.74) is 0.509. The number of methoxy groups -OCH3 is 1. The molecule has 0 bridgehead atoms. The molecule has 7 heteroatoms. The van der Waals surface area contributed by atoms with E-state index >= 15 is 0 Å². The first-order valence-electron chi connectivity index (χ1n) is 6.70. The van der Waals surface area contributed by atoms with Gasteiger partial charge >= 0.3 is 5.97 Å². The summed E-state index contributed by atoms with van der Waals surface area (Å²) in [4.78, 5) is 21.9. The van der Waals surface area contributed by atoms with Crippen LogP contribution in [0.1, 0.15) is 35.2 Å². The molecule has 2 rings (SSSR count). The predicted molar refractivity (Wildman–Crippen MR) is 72.8 cm³/mol. The third kappa shape index (κ3) is 4.24. The molecule has 7 nitrogen and oxygen atoms in total. The summed E-state index contributed by atoms with van der Waals surface area (Å²) in [6, 6.07) is 4.10. The van der Waals surface area contributed by atoms with E-state index in [0.29, 0.717) is 12.2 Å². The standard InChI is InChI=1S/C14H17NO6/c1-19-14(16)11-6-10(7-12(8-11)15(17)18)9-21-13-4-2-3-5-20-13/h6-8,13H,2-5,9H2,1H3. The van der Waals surface area contributed by atoms with Crippen molar-refractivity contribution >= 4 is 11.7 Å². The summed E-state index contributed by atoms with van der Waals surface area (Å²) in [5, 5.41) is 10.9. The Kier molecular flexibility index (Phi) is 5.24. The Bertz CT molecular complexity index is 524. The number of nitro groups is 1. The second-order valence-corrected chi connectivity index (χ2v) is 4.74. The molecule has 1 atom stereocenters. The molecule has 1 aromatic carbocycles. The second kappa shape index (κ2) is 7.14. The fourth-order valence-electron chi connectivity index (χ4n) is 2.13. The van der Waals surface area contributed by atoms with Gasteiger partial charge in [0.05, 0.1) is 24.2 Å².